The smallest absolute Gasteiger partial charge is 0.384 e. The molecule has 0 fully saturated rings. The zero-order chi connectivity index (χ0) is 9.03. The molecule has 0 saturated heterocycles. The van der Waals surface area contributed by atoms with Gasteiger partial charge in [0.25, 0.3) is 0 Å². The van der Waals surface area contributed by atoms with E-state index in [0.717, 1.165) is 7.11 Å². The van der Waals surface area contributed by atoms with Crippen LogP contribution in [-0.2, 0) is 9.09 Å². The zero-order valence-electron chi connectivity index (χ0n) is 6.25. The molecule has 0 saturated carbocycles. The Kier molecular flexibility index (Phi) is 2.75. The summed E-state index contributed by atoms with van der Waals surface area (Å²) in [6, 6.07) is 0. The number of hydrogen-bond donors (Lipinski definition) is 1. The molecule has 0 radical (unpaired) electrons. The summed E-state index contributed by atoms with van der Waals surface area (Å²) >= 11 is 0. The molecule has 0 bridgehead atoms. The lowest BCUT2D eigenvalue weighted by Crippen LogP contribution is -1.95. The topological polar surface area (TPSA) is 81.5 Å². The first-order valence-electron chi connectivity index (χ1n) is 2.98. The predicted molar refractivity (Wildman–Crippen MR) is 39.5 cm³/mol. The zero-order valence-corrected chi connectivity index (χ0v) is 7.14. The molecular formula is C5H7N2O4P. The van der Waals surface area contributed by atoms with Crippen LogP contribution in [0.5, 0.6) is 5.88 Å². The van der Waals surface area contributed by atoms with Gasteiger partial charge < -0.3 is 4.52 Å². The van der Waals surface area contributed by atoms with Crippen LogP contribution in [0.3, 0.4) is 0 Å². The first-order valence-corrected chi connectivity index (χ1v) is 4.48. The lowest BCUT2D eigenvalue weighted by Gasteiger charge is -2.07. The molecule has 7 heteroatoms. The van der Waals surface area contributed by atoms with E-state index in [1.54, 1.807) is 0 Å². The standard InChI is InChI=1S/C5H7N2O4P/c1-10-12(8,9)11-5-4-6-2-3-7-5/h2-4H,1H3,(H,8,9). The monoisotopic (exact) mass is 190 g/mol. The summed E-state index contributed by atoms with van der Waals surface area (Å²) in [5, 5.41) is 0. The third-order valence-corrected chi connectivity index (χ3v) is 1.86. The third kappa shape index (κ3) is 2.58. The molecule has 12 heavy (non-hydrogen) atoms. The molecule has 0 aliphatic heterocycles. The summed E-state index contributed by atoms with van der Waals surface area (Å²) in [7, 11) is -2.93. The molecule has 6 nitrogen and oxygen atoms in total. The van der Waals surface area contributed by atoms with Gasteiger partial charge in [0.1, 0.15) is 0 Å². The summed E-state index contributed by atoms with van der Waals surface area (Å²) < 4.78 is 19.4. The highest BCUT2D eigenvalue weighted by Gasteiger charge is 2.20. The molecule has 0 aliphatic rings. The highest BCUT2D eigenvalue weighted by Crippen LogP contribution is 2.41. The summed E-state index contributed by atoms with van der Waals surface area (Å²) in [5.74, 6) is -0.0508. The second-order valence-corrected chi connectivity index (χ2v) is 3.27. The van der Waals surface area contributed by atoms with Crippen LogP contribution in [0.25, 0.3) is 0 Å². The number of hydrogen-bond acceptors (Lipinski definition) is 5. The van der Waals surface area contributed by atoms with E-state index in [1.165, 1.54) is 18.6 Å². The Morgan fingerprint density at radius 2 is 2.33 bits per heavy atom. The molecule has 66 valence electrons. The summed E-state index contributed by atoms with van der Waals surface area (Å²) in [6.45, 7) is 0. The number of aromatic nitrogens is 2. The van der Waals surface area contributed by atoms with E-state index in [0.29, 0.717) is 0 Å². The van der Waals surface area contributed by atoms with E-state index in [4.69, 9.17) is 4.89 Å². The fraction of sp³-hybridized carbons (Fsp3) is 0.200. The summed E-state index contributed by atoms with van der Waals surface area (Å²) in [4.78, 5) is 16.1. The van der Waals surface area contributed by atoms with Gasteiger partial charge in [-0.25, -0.2) is 9.55 Å². The van der Waals surface area contributed by atoms with E-state index in [9.17, 15) is 4.57 Å². The molecular weight excluding hydrogens is 183 g/mol. The van der Waals surface area contributed by atoms with Crippen molar-refractivity contribution >= 4 is 7.82 Å². The van der Waals surface area contributed by atoms with Gasteiger partial charge in [0.15, 0.2) is 0 Å². The van der Waals surface area contributed by atoms with Gasteiger partial charge >= 0.3 is 7.82 Å². The van der Waals surface area contributed by atoms with E-state index < -0.39 is 7.82 Å². The maximum Gasteiger partial charge on any atom is 0.528 e. The van der Waals surface area contributed by atoms with Crippen LogP contribution < -0.4 is 4.52 Å². The highest BCUT2D eigenvalue weighted by atomic mass is 31.2. The molecule has 1 N–H and O–H groups in total. The molecule has 1 rings (SSSR count). The Morgan fingerprint density at radius 1 is 1.58 bits per heavy atom. The van der Waals surface area contributed by atoms with E-state index in [1.807, 2.05) is 0 Å². The fourth-order valence-electron chi connectivity index (χ4n) is 0.488. The number of nitrogens with zero attached hydrogens (tertiary/aromatic N) is 2. The van der Waals surface area contributed by atoms with Crippen LogP contribution in [0.1, 0.15) is 0 Å². The Labute approximate surface area is 68.8 Å². The van der Waals surface area contributed by atoms with Gasteiger partial charge in [-0.2, -0.15) is 0 Å². The van der Waals surface area contributed by atoms with Crippen LogP contribution in [0.4, 0.5) is 0 Å². The minimum atomic E-state index is -4.00. The van der Waals surface area contributed by atoms with Crippen LogP contribution >= 0.6 is 7.82 Å². The van der Waals surface area contributed by atoms with E-state index in [-0.39, 0.29) is 5.88 Å². The molecule has 0 aromatic carbocycles. The largest absolute Gasteiger partial charge is 0.528 e. The molecule has 1 unspecified atom stereocenters. The minimum absolute atomic E-state index is 0.0508. The number of phosphoric acid groups is 1. The normalized spacial score (nSPS) is 15.2. The predicted octanol–water partition coefficient (Wildman–Crippen LogP) is 0.602. The average molecular weight is 190 g/mol. The second kappa shape index (κ2) is 3.62. The van der Waals surface area contributed by atoms with Gasteiger partial charge in [-0.05, 0) is 0 Å². The van der Waals surface area contributed by atoms with Crippen molar-refractivity contribution in [3.05, 3.63) is 18.6 Å². The molecule has 1 atom stereocenters. The van der Waals surface area contributed by atoms with Gasteiger partial charge in [0, 0.05) is 19.5 Å². The Balaban J connectivity index is 2.71. The fourth-order valence-corrected chi connectivity index (χ4v) is 0.893. The van der Waals surface area contributed by atoms with Crippen molar-refractivity contribution in [2.75, 3.05) is 7.11 Å². The van der Waals surface area contributed by atoms with Crippen molar-refractivity contribution in [1.29, 1.82) is 0 Å². The van der Waals surface area contributed by atoms with Gasteiger partial charge in [-0.1, -0.05) is 0 Å². The van der Waals surface area contributed by atoms with Crippen LogP contribution in [-0.4, -0.2) is 22.0 Å². The number of phosphoric ester groups is 1. The van der Waals surface area contributed by atoms with Gasteiger partial charge in [-0.3, -0.25) is 14.4 Å². The Morgan fingerprint density at radius 3 is 2.83 bits per heavy atom. The highest BCUT2D eigenvalue weighted by molar-refractivity contribution is 7.47. The molecule has 0 spiro atoms. The van der Waals surface area contributed by atoms with Crippen molar-refractivity contribution in [2.45, 2.75) is 0 Å². The maximum absolute atomic E-state index is 10.8. The van der Waals surface area contributed by atoms with Crippen molar-refractivity contribution in [1.82, 2.24) is 9.97 Å². The lowest BCUT2D eigenvalue weighted by molar-refractivity contribution is 0.239. The Bertz CT molecular complexity index is 291. The molecule has 1 aromatic rings. The van der Waals surface area contributed by atoms with Crippen LogP contribution in [0, 0.1) is 0 Å². The molecule has 0 amide bonds. The number of rotatable bonds is 3. The maximum atomic E-state index is 10.8. The molecule has 1 aromatic heterocycles. The summed E-state index contributed by atoms with van der Waals surface area (Å²) in [5.41, 5.74) is 0. The van der Waals surface area contributed by atoms with Gasteiger partial charge in [-0.15, -0.1) is 0 Å². The van der Waals surface area contributed by atoms with Gasteiger partial charge in [0.2, 0.25) is 5.88 Å². The van der Waals surface area contributed by atoms with Gasteiger partial charge in [0.05, 0.1) is 6.20 Å². The van der Waals surface area contributed by atoms with E-state index in [2.05, 4.69) is 19.0 Å². The SMILES string of the molecule is COP(=O)(O)Oc1cnccn1. The van der Waals surface area contributed by atoms with Crippen molar-refractivity contribution in [2.24, 2.45) is 0 Å². The minimum Gasteiger partial charge on any atom is -0.384 e. The molecule has 1 heterocycles. The van der Waals surface area contributed by atoms with E-state index >= 15 is 0 Å². The first-order chi connectivity index (χ1) is 5.64. The summed E-state index contributed by atoms with van der Waals surface area (Å²) in [6.07, 6.45) is 3.97. The molecule has 0 aliphatic carbocycles. The quantitative estimate of drug-likeness (QED) is 0.703. The van der Waals surface area contributed by atoms with Crippen LogP contribution in [0.15, 0.2) is 18.6 Å². The Hall–Kier alpha value is -0.970. The first kappa shape index (κ1) is 9.12. The van der Waals surface area contributed by atoms with Crippen LogP contribution in [0.2, 0.25) is 0 Å². The van der Waals surface area contributed by atoms with Crippen molar-refractivity contribution < 1.29 is 18.5 Å². The van der Waals surface area contributed by atoms with Crippen molar-refractivity contribution in [3.63, 3.8) is 0 Å². The average Bonchev–Trinajstić information content (AvgIpc) is 2.06. The third-order valence-electron chi connectivity index (χ3n) is 0.979. The second-order valence-electron chi connectivity index (χ2n) is 1.79. The van der Waals surface area contributed by atoms with Crippen molar-refractivity contribution in [3.8, 4) is 5.88 Å². The lowest BCUT2D eigenvalue weighted by atomic mass is 10.7.